The van der Waals surface area contributed by atoms with E-state index < -0.39 is 36.4 Å². The van der Waals surface area contributed by atoms with Gasteiger partial charge in [0.1, 0.15) is 35.4 Å². The highest BCUT2D eigenvalue weighted by Gasteiger charge is 2.49. The first-order valence-electron chi connectivity index (χ1n) is 16.0. The van der Waals surface area contributed by atoms with E-state index in [-0.39, 0.29) is 17.7 Å². The van der Waals surface area contributed by atoms with Gasteiger partial charge in [0, 0.05) is 6.61 Å². The predicted octanol–water partition coefficient (Wildman–Crippen LogP) is 4.32. The van der Waals surface area contributed by atoms with Crippen LogP contribution in [-0.2, 0) is 24.5 Å². The van der Waals surface area contributed by atoms with Gasteiger partial charge in [0.05, 0.1) is 33.5 Å². The van der Waals surface area contributed by atoms with E-state index in [1.54, 1.807) is 18.8 Å². The van der Waals surface area contributed by atoms with Gasteiger partial charge in [-0.05, 0) is 60.2 Å². The van der Waals surface area contributed by atoms with Crippen LogP contribution < -0.4 is 15.0 Å². The molecule has 12 nitrogen and oxygen atoms in total. The first kappa shape index (κ1) is 32.0. The largest absolute Gasteiger partial charge is 0.497 e. The number of aliphatic hydroxyl groups is 1. The van der Waals surface area contributed by atoms with E-state index in [4.69, 9.17) is 28.4 Å². The third-order valence-electron chi connectivity index (χ3n) is 9.04. The third kappa shape index (κ3) is 5.97. The molecule has 3 aromatic carbocycles. The number of fused-ring (bicyclic) bond motifs is 1. The highest BCUT2D eigenvalue weighted by Crippen LogP contribution is 2.43. The van der Waals surface area contributed by atoms with E-state index in [0.29, 0.717) is 30.2 Å². The maximum atomic E-state index is 12.5. The van der Waals surface area contributed by atoms with Gasteiger partial charge in [0.15, 0.2) is 23.7 Å². The maximum Gasteiger partial charge on any atom is 0.278 e. The van der Waals surface area contributed by atoms with Crippen LogP contribution in [0.2, 0.25) is 0 Å². The fourth-order valence-corrected chi connectivity index (χ4v) is 6.55. The summed E-state index contributed by atoms with van der Waals surface area (Å²) < 4.78 is 38.5. The van der Waals surface area contributed by atoms with E-state index in [0.717, 1.165) is 29.5 Å². The van der Waals surface area contributed by atoms with E-state index >= 15 is 0 Å². The molecule has 4 heterocycles. The summed E-state index contributed by atoms with van der Waals surface area (Å²) in [6.45, 7) is 0.538. The Morgan fingerprint density at radius 2 is 1.58 bits per heavy atom. The zero-order valence-electron chi connectivity index (χ0n) is 26.7. The normalized spacial score (nSPS) is 22.9. The number of nitrogens with zero attached hydrogens (tertiary/aromatic N) is 3. The molecule has 5 atom stereocenters. The fourth-order valence-electron chi connectivity index (χ4n) is 6.55. The maximum absolute atomic E-state index is 12.5. The molecule has 2 N–H and O–H groups in total. The molecular weight excluding hydrogens is 616 g/mol. The van der Waals surface area contributed by atoms with Gasteiger partial charge >= 0.3 is 0 Å². The Balaban J connectivity index is 1.28. The van der Waals surface area contributed by atoms with Crippen LogP contribution in [0.5, 0.6) is 11.5 Å². The van der Waals surface area contributed by atoms with Gasteiger partial charge in [0.25, 0.3) is 5.56 Å². The van der Waals surface area contributed by atoms with Crippen molar-refractivity contribution >= 4 is 11.2 Å². The summed E-state index contributed by atoms with van der Waals surface area (Å²) in [5.41, 5.74) is 1.53. The van der Waals surface area contributed by atoms with Crippen LogP contribution in [0, 0.1) is 0 Å². The lowest BCUT2D eigenvalue weighted by atomic mass is 9.80. The van der Waals surface area contributed by atoms with Crippen molar-refractivity contribution in [2.75, 3.05) is 27.4 Å². The van der Waals surface area contributed by atoms with Crippen LogP contribution in [0.3, 0.4) is 0 Å². The number of imidazole rings is 1. The molecule has 250 valence electrons. The van der Waals surface area contributed by atoms with Crippen molar-refractivity contribution in [2.45, 2.75) is 55.7 Å². The molecule has 0 radical (unpaired) electrons. The van der Waals surface area contributed by atoms with Gasteiger partial charge in [-0.3, -0.25) is 9.36 Å². The Morgan fingerprint density at radius 1 is 0.917 bits per heavy atom. The second-order valence-electron chi connectivity index (χ2n) is 11.8. The van der Waals surface area contributed by atoms with E-state index in [1.165, 1.54) is 12.7 Å². The third-order valence-corrected chi connectivity index (χ3v) is 9.04. The zero-order valence-corrected chi connectivity index (χ0v) is 26.7. The van der Waals surface area contributed by atoms with E-state index in [1.807, 2.05) is 78.9 Å². The minimum absolute atomic E-state index is 0.0311. The van der Waals surface area contributed by atoms with Crippen molar-refractivity contribution < 1.29 is 33.5 Å². The van der Waals surface area contributed by atoms with Gasteiger partial charge in [0.2, 0.25) is 0 Å². The average Bonchev–Trinajstić information content (AvgIpc) is 3.71. The molecule has 2 aliphatic rings. The van der Waals surface area contributed by atoms with Crippen molar-refractivity contribution in [1.82, 2.24) is 19.5 Å². The van der Waals surface area contributed by atoms with Crippen LogP contribution in [0.4, 0.5) is 0 Å². The molecule has 2 fully saturated rings. The van der Waals surface area contributed by atoms with Crippen molar-refractivity contribution in [3.05, 3.63) is 119 Å². The van der Waals surface area contributed by atoms with Crippen LogP contribution >= 0.6 is 0 Å². The summed E-state index contributed by atoms with van der Waals surface area (Å²) in [5, 5.41) is 11.9. The van der Waals surface area contributed by atoms with Gasteiger partial charge in [-0.15, -0.1) is 0 Å². The average molecular weight is 655 g/mol. The lowest BCUT2D eigenvalue weighted by Gasteiger charge is -2.37. The number of methoxy groups -OCH3 is 2. The Hall–Kier alpha value is -4.59. The first-order chi connectivity index (χ1) is 23.5. The lowest BCUT2D eigenvalue weighted by Crippen LogP contribution is -2.42. The second-order valence-corrected chi connectivity index (χ2v) is 11.8. The number of aromatic nitrogens is 4. The first-order valence-corrected chi connectivity index (χ1v) is 16.0. The molecule has 12 heteroatoms. The number of hydrogen-bond acceptors (Lipinski definition) is 10. The second kappa shape index (κ2) is 13.9. The highest BCUT2D eigenvalue weighted by atomic mass is 16.7. The van der Waals surface area contributed by atoms with Crippen molar-refractivity contribution in [1.29, 1.82) is 0 Å². The summed E-state index contributed by atoms with van der Waals surface area (Å²) in [6.07, 6.45) is 1.15. The van der Waals surface area contributed by atoms with Crippen LogP contribution in [0.25, 0.3) is 11.2 Å². The monoisotopic (exact) mass is 654 g/mol. The topological polar surface area (TPSA) is 139 Å². The predicted molar refractivity (Wildman–Crippen MR) is 175 cm³/mol. The van der Waals surface area contributed by atoms with Gasteiger partial charge in [-0.25, -0.2) is 9.97 Å². The Kier molecular flexibility index (Phi) is 9.24. The standard InChI is InChI=1S/C36H38N4O8/c1-43-26-15-11-24(12-16-26)36(23-8-4-3-5-9-23,25-13-17-27(44-2)18-14-25)46-20-28-31(41)32(48-29-10-6-7-19-45-29)35(47-28)40-22-39-30-33(40)37-21-38-34(30)42/h3-5,8-9,11-18,21-22,28-29,31-32,35,41H,6-7,10,19-20H2,1-2H3,(H,37,38,42)/t28?,29?,31-,32-,35?/m1/s1. The molecule has 48 heavy (non-hydrogen) atoms. The Morgan fingerprint density at radius 3 is 2.21 bits per heavy atom. The molecule has 2 saturated heterocycles. The Bertz CT molecular complexity index is 1810. The highest BCUT2D eigenvalue weighted by molar-refractivity contribution is 5.68. The van der Waals surface area contributed by atoms with Crippen LogP contribution in [0.1, 0.15) is 42.2 Å². The Labute approximate surface area is 277 Å². The fraction of sp³-hybridized carbons (Fsp3) is 0.361. The summed E-state index contributed by atoms with van der Waals surface area (Å²) in [7, 11) is 3.25. The van der Waals surface area contributed by atoms with Gasteiger partial charge in [-0.1, -0.05) is 54.6 Å². The summed E-state index contributed by atoms with van der Waals surface area (Å²) >= 11 is 0. The van der Waals surface area contributed by atoms with Crippen LogP contribution in [-0.4, -0.2) is 76.7 Å². The SMILES string of the molecule is COc1ccc(C(OCC2OC(n3cnc4c(=O)[nH]cnc43)[C@H](OC3CCCCO3)[C@@H]2O)(c2ccccc2)c2ccc(OC)cc2)cc1. The van der Waals surface area contributed by atoms with Crippen molar-refractivity contribution in [3.63, 3.8) is 0 Å². The number of nitrogens with one attached hydrogen (secondary N) is 1. The lowest BCUT2D eigenvalue weighted by molar-refractivity contribution is -0.215. The van der Waals surface area contributed by atoms with Crippen LogP contribution in [0.15, 0.2) is 96.3 Å². The minimum Gasteiger partial charge on any atom is -0.497 e. The smallest absolute Gasteiger partial charge is 0.278 e. The molecule has 0 bridgehead atoms. The van der Waals surface area contributed by atoms with Crippen molar-refractivity contribution in [2.24, 2.45) is 0 Å². The molecule has 3 unspecified atom stereocenters. The number of ether oxygens (including phenoxy) is 6. The molecule has 0 amide bonds. The number of aromatic amines is 1. The molecule has 0 aliphatic carbocycles. The molecule has 0 spiro atoms. The number of H-pyrrole nitrogens is 1. The molecule has 7 rings (SSSR count). The van der Waals surface area contributed by atoms with Gasteiger partial charge < -0.3 is 38.5 Å². The molecule has 0 saturated carbocycles. The van der Waals surface area contributed by atoms with E-state index in [9.17, 15) is 9.90 Å². The summed E-state index contributed by atoms with van der Waals surface area (Å²) in [6, 6.07) is 25.3. The number of hydrogen-bond donors (Lipinski definition) is 2. The quantitative estimate of drug-likeness (QED) is 0.198. The number of rotatable bonds is 11. The summed E-state index contributed by atoms with van der Waals surface area (Å²) in [5.74, 6) is 1.41. The molecular formula is C36H38N4O8. The molecule has 5 aromatic rings. The van der Waals surface area contributed by atoms with Crippen molar-refractivity contribution in [3.8, 4) is 11.5 Å². The zero-order chi connectivity index (χ0) is 33.1. The summed E-state index contributed by atoms with van der Waals surface area (Å²) in [4.78, 5) is 23.7. The number of aliphatic hydroxyl groups excluding tert-OH is 1. The molecule has 2 aliphatic heterocycles. The minimum atomic E-state index is -1.12. The molecule has 2 aromatic heterocycles. The van der Waals surface area contributed by atoms with Gasteiger partial charge in [-0.2, -0.15) is 0 Å². The van der Waals surface area contributed by atoms with E-state index in [2.05, 4.69) is 15.0 Å². The number of benzene rings is 3.